The summed E-state index contributed by atoms with van der Waals surface area (Å²) in [5, 5.41) is 2.84. The van der Waals surface area contributed by atoms with E-state index >= 15 is 0 Å². The first-order chi connectivity index (χ1) is 9.00. The SMILES string of the molecule is CC(N)c1ccc(N(C)C(C)c2cccs2)cc1Cl. The van der Waals surface area contributed by atoms with Gasteiger partial charge in [0.05, 0.1) is 6.04 Å². The number of nitrogens with zero attached hydrogens (tertiary/aromatic N) is 1. The van der Waals surface area contributed by atoms with Crippen molar-refractivity contribution < 1.29 is 0 Å². The molecule has 2 atom stereocenters. The van der Waals surface area contributed by atoms with Gasteiger partial charge in [-0.25, -0.2) is 0 Å². The van der Waals surface area contributed by atoms with Gasteiger partial charge in [0.1, 0.15) is 0 Å². The van der Waals surface area contributed by atoms with Crippen LogP contribution in [-0.2, 0) is 0 Å². The van der Waals surface area contributed by atoms with Crippen molar-refractivity contribution in [3.8, 4) is 0 Å². The van der Waals surface area contributed by atoms with Gasteiger partial charge in [-0.3, -0.25) is 0 Å². The van der Waals surface area contributed by atoms with Crippen LogP contribution in [0.2, 0.25) is 5.02 Å². The zero-order valence-corrected chi connectivity index (χ0v) is 13.0. The molecule has 2 aromatic rings. The lowest BCUT2D eigenvalue weighted by Gasteiger charge is -2.27. The van der Waals surface area contributed by atoms with Crippen molar-refractivity contribution in [2.45, 2.75) is 25.9 Å². The summed E-state index contributed by atoms with van der Waals surface area (Å²) in [7, 11) is 2.08. The van der Waals surface area contributed by atoms with Gasteiger partial charge in [-0.2, -0.15) is 0 Å². The largest absolute Gasteiger partial charge is 0.367 e. The second-order valence-corrected chi connectivity index (χ2v) is 6.18. The van der Waals surface area contributed by atoms with Crippen molar-refractivity contribution in [1.82, 2.24) is 0 Å². The van der Waals surface area contributed by atoms with Crippen LogP contribution in [-0.4, -0.2) is 7.05 Å². The van der Waals surface area contributed by atoms with Crippen molar-refractivity contribution in [3.05, 3.63) is 51.2 Å². The van der Waals surface area contributed by atoms with Crippen LogP contribution in [0.4, 0.5) is 5.69 Å². The van der Waals surface area contributed by atoms with E-state index in [1.807, 2.05) is 19.1 Å². The summed E-state index contributed by atoms with van der Waals surface area (Å²) in [6.07, 6.45) is 0. The Hall–Kier alpha value is -1.03. The van der Waals surface area contributed by atoms with Crippen LogP contribution in [0, 0.1) is 0 Å². The first-order valence-electron chi connectivity index (χ1n) is 6.32. The second-order valence-electron chi connectivity index (χ2n) is 4.80. The number of halogens is 1. The van der Waals surface area contributed by atoms with Gasteiger partial charge < -0.3 is 10.6 Å². The van der Waals surface area contributed by atoms with Gasteiger partial charge in [-0.1, -0.05) is 23.7 Å². The van der Waals surface area contributed by atoms with E-state index in [9.17, 15) is 0 Å². The molecule has 1 aromatic carbocycles. The molecule has 0 aliphatic heterocycles. The number of hydrogen-bond donors (Lipinski definition) is 1. The predicted molar refractivity (Wildman–Crippen MR) is 85.2 cm³/mol. The van der Waals surface area contributed by atoms with Crippen LogP contribution in [0.25, 0.3) is 0 Å². The highest BCUT2D eigenvalue weighted by atomic mass is 35.5. The summed E-state index contributed by atoms with van der Waals surface area (Å²) >= 11 is 8.07. The molecular weight excluding hydrogens is 276 g/mol. The molecule has 0 saturated heterocycles. The van der Waals surface area contributed by atoms with E-state index < -0.39 is 0 Å². The van der Waals surface area contributed by atoms with E-state index in [1.165, 1.54) is 4.88 Å². The molecule has 1 aromatic heterocycles. The van der Waals surface area contributed by atoms with E-state index in [1.54, 1.807) is 11.3 Å². The van der Waals surface area contributed by atoms with E-state index in [2.05, 4.69) is 42.5 Å². The normalized spacial score (nSPS) is 14.2. The molecule has 1 heterocycles. The van der Waals surface area contributed by atoms with E-state index in [4.69, 9.17) is 17.3 Å². The number of thiophene rings is 1. The summed E-state index contributed by atoms with van der Waals surface area (Å²) in [5.41, 5.74) is 7.98. The Kier molecular flexibility index (Phi) is 4.50. The number of benzene rings is 1. The third-order valence-electron chi connectivity index (χ3n) is 3.42. The predicted octanol–water partition coefficient (Wildman–Crippen LogP) is 4.62. The summed E-state index contributed by atoms with van der Waals surface area (Å²) in [6.45, 7) is 4.14. The molecule has 4 heteroatoms. The minimum atomic E-state index is -0.0402. The lowest BCUT2D eigenvalue weighted by molar-refractivity contribution is 0.752. The second kappa shape index (κ2) is 5.95. The Labute approximate surface area is 123 Å². The fourth-order valence-electron chi connectivity index (χ4n) is 2.05. The number of hydrogen-bond acceptors (Lipinski definition) is 3. The highest BCUT2D eigenvalue weighted by Gasteiger charge is 2.15. The lowest BCUT2D eigenvalue weighted by Crippen LogP contribution is -2.21. The summed E-state index contributed by atoms with van der Waals surface area (Å²) in [5.74, 6) is 0. The summed E-state index contributed by atoms with van der Waals surface area (Å²) in [6, 6.07) is 10.6. The van der Waals surface area contributed by atoms with Crippen molar-refractivity contribution in [2.75, 3.05) is 11.9 Å². The molecule has 0 amide bonds. The molecule has 0 bridgehead atoms. The average Bonchev–Trinajstić information content (AvgIpc) is 2.90. The van der Waals surface area contributed by atoms with Crippen LogP contribution >= 0.6 is 22.9 Å². The molecule has 102 valence electrons. The van der Waals surface area contributed by atoms with Gasteiger partial charge >= 0.3 is 0 Å². The zero-order chi connectivity index (χ0) is 14.0. The highest BCUT2D eigenvalue weighted by molar-refractivity contribution is 7.10. The van der Waals surface area contributed by atoms with E-state index in [0.29, 0.717) is 6.04 Å². The Balaban J connectivity index is 2.24. The number of rotatable bonds is 4. The van der Waals surface area contributed by atoms with Crippen molar-refractivity contribution in [3.63, 3.8) is 0 Å². The molecule has 0 aliphatic carbocycles. The van der Waals surface area contributed by atoms with Gasteiger partial charge in [0.25, 0.3) is 0 Å². The number of nitrogens with two attached hydrogens (primary N) is 1. The molecule has 2 N–H and O–H groups in total. The summed E-state index contributed by atoms with van der Waals surface area (Å²) in [4.78, 5) is 3.57. The minimum Gasteiger partial charge on any atom is -0.367 e. The van der Waals surface area contributed by atoms with Gasteiger partial charge in [0, 0.05) is 28.7 Å². The maximum absolute atomic E-state index is 6.29. The number of anilines is 1. The van der Waals surface area contributed by atoms with Crippen LogP contribution in [0.5, 0.6) is 0 Å². The Morgan fingerprint density at radius 1 is 1.26 bits per heavy atom. The monoisotopic (exact) mass is 294 g/mol. The van der Waals surface area contributed by atoms with Gasteiger partial charge in [-0.15, -0.1) is 11.3 Å². The van der Waals surface area contributed by atoms with Gasteiger partial charge in [0.2, 0.25) is 0 Å². The first kappa shape index (κ1) is 14.4. The van der Waals surface area contributed by atoms with E-state index in [0.717, 1.165) is 16.3 Å². The molecule has 0 spiro atoms. The standard InChI is InChI=1S/C15H19ClN2S/c1-10(17)13-7-6-12(9-14(13)16)18(3)11(2)15-5-4-8-19-15/h4-11H,17H2,1-3H3. The third kappa shape index (κ3) is 3.11. The molecule has 0 aliphatic rings. The topological polar surface area (TPSA) is 29.3 Å². The van der Waals surface area contributed by atoms with Crippen LogP contribution in [0.1, 0.15) is 36.4 Å². The minimum absolute atomic E-state index is 0.0402. The molecular formula is C15H19ClN2S. The molecule has 19 heavy (non-hydrogen) atoms. The lowest BCUT2D eigenvalue weighted by atomic mass is 10.1. The summed E-state index contributed by atoms with van der Waals surface area (Å²) < 4.78 is 0. The van der Waals surface area contributed by atoms with Crippen LogP contribution < -0.4 is 10.6 Å². The van der Waals surface area contributed by atoms with Crippen LogP contribution in [0.15, 0.2) is 35.7 Å². The smallest absolute Gasteiger partial charge is 0.0603 e. The highest BCUT2D eigenvalue weighted by Crippen LogP contribution is 2.32. The molecule has 0 radical (unpaired) electrons. The maximum Gasteiger partial charge on any atom is 0.0603 e. The van der Waals surface area contributed by atoms with E-state index in [-0.39, 0.29) is 6.04 Å². The fourth-order valence-corrected chi connectivity index (χ4v) is 3.22. The quantitative estimate of drug-likeness (QED) is 0.891. The molecule has 2 nitrogen and oxygen atoms in total. The van der Waals surface area contributed by atoms with Crippen molar-refractivity contribution >= 4 is 28.6 Å². The Morgan fingerprint density at radius 2 is 2.00 bits per heavy atom. The molecule has 2 rings (SSSR count). The average molecular weight is 295 g/mol. The van der Waals surface area contributed by atoms with Crippen molar-refractivity contribution in [1.29, 1.82) is 0 Å². The molecule has 0 saturated carbocycles. The van der Waals surface area contributed by atoms with Crippen LogP contribution in [0.3, 0.4) is 0 Å². The fraction of sp³-hybridized carbons (Fsp3) is 0.333. The van der Waals surface area contributed by atoms with Crippen molar-refractivity contribution in [2.24, 2.45) is 5.73 Å². The molecule has 0 fully saturated rings. The first-order valence-corrected chi connectivity index (χ1v) is 7.57. The molecule has 2 unspecified atom stereocenters. The zero-order valence-electron chi connectivity index (χ0n) is 11.4. The third-order valence-corrected chi connectivity index (χ3v) is 4.79. The maximum atomic E-state index is 6.29. The van der Waals surface area contributed by atoms with Gasteiger partial charge in [-0.05, 0) is 43.0 Å². The van der Waals surface area contributed by atoms with Gasteiger partial charge in [0.15, 0.2) is 0 Å². The Bertz CT molecular complexity index is 537. The Morgan fingerprint density at radius 3 is 2.53 bits per heavy atom.